The first-order chi connectivity index (χ1) is 11.8. The number of allylic oxidation sites excluding steroid dienone is 1. The Kier molecular flexibility index (Phi) is 9.81. The molecule has 7 heteroatoms. The summed E-state index contributed by atoms with van der Waals surface area (Å²) in [5, 5.41) is 0. The summed E-state index contributed by atoms with van der Waals surface area (Å²) in [6.45, 7) is 4.02. The number of nitrogens with two attached hydrogens (primary N) is 2. The van der Waals surface area contributed by atoms with Crippen molar-refractivity contribution in [2.75, 3.05) is 0 Å². The summed E-state index contributed by atoms with van der Waals surface area (Å²) in [6, 6.07) is -0.239. The molecule has 0 unspecified atom stereocenters. The van der Waals surface area contributed by atoms with Gasteiger partial charge in [0.25, 0.3) is 0 Å². The van der Waals surface area contributed by atoms with Crippen molar-refractivity contribution in [3.05, 3.63) is 34.5 Å². The van der Waals surface area contributed by atoms with Crippen LogP contribution in [0.3, 0.4) is 0 Å². The Morgan fingerprint density at radius 2 is 2.08 bits per heavy atom. The quantitative estimate of drug-likeness (QED) is 0.373. The highest BCUT2D eigenvalue weighted by Crippen LogP contribution is 2.19. The highest BCUT2D eigenvalue weighted by molar-refractivity contribution is 14.1. The van der Waals surface area contributed by atoms with Gasteiger partial charge in [0.2, 0.25) is 0 Å². The van der Waals surface area contributed by atoms with E-state index in [0.29, 0.717) is 19.3 Å². The number of halogens is 1. The lowest BCUT2D eigenvalue weighted by atomic mass is 9.95. The molecule has 0 bridgehead atoms. The Balaban J connectivity index is 2.97. The van der Waals surface area contributed by atoms with Gasteiger partial charge in [-0.15, -0.1) is 0 Å². The van der Waals surface area contributed by atoms with Crippen LogP contribution in [0.4, 0.5) is 4.79 Å². The van der Waals surface area contributed by atoms with Gasteiger partial charge in [-0.2, -0.15) is 0 Å². The molecule has 0 spiro atoms. The largest absolute Gasteiger partial charge is 0.454 e. The minimum absolute atomic E-state index is 0.0199. The molecule has 1 amide bonds. The first kappa shape index (κ1) is 21.7. The number of carbonyl (C=O) groups is 2. The van der Waals surface area contributed by atoms with Gasteiger partial charge in [-0.3, -0.25) is 0 Å². The van der Waals surface area contributed by atoms with Crippen LogP contribution < -0.4 is 11.5 Å². The number of hydrogen-bond acceptors (Lipinski definition) is 5. The zero-order chi connectivity index (χ0) is 18.8. The van der Waals surface area contributed by atoms with Gasteiger partial charge in [0, 0.05) is 18.0 Å². The van der Waals surface area contributed by atoms with E-state index < -0.39 is 12.1 Å². The van der Waals surface area contributed by atoms with Crippen molar-refractivity contribution in [2.45, 2.75) is 51.4 Å². The molecule has 0 aromatic heterocycles. The molecule has 6 nitrogen and oxygen atoms in total. The number of esters is 1. The van der Waals surface area contributed by atoms with Gasteiger partial charge in [0.1, 0.15) is 12.2 Å². The summed E-state index contributed by atoms with van der Waals surface area (Å²) in [4.78, 5) is 23.1. The summed E-state index contributed by atoms with van der Waals surface area (Å²) < 4.78 is 12.5. The molecule has 1 heterocycles. The van der Waals surface area contributed by atoms with Crippen LogP contribution in [-0.4, -0.2) is 30.3 Å². The Hall–Kier alpha value is -1.35. The Morgan fingerprint density at radius 3 is 2.72 bits per heavy atom. The highest BCUT2D eigenvalue weighted by Gasteiger charge is 2.20. The van der Waals surface area contributed by atoms with Crippen LogP contribution >= 0.6 is 22.6 Å². The SMILES string of the molecule is C[C@@H]1/C=C/[C@@H](C)[C@H](/C=C/I)OC(=O)/C=C\C[C@H](N)C[C@H](OC(N)=O)C1. The van der Waals surface area contributed by atoms with Gasteiger partial charge in [0.15, 0.2) is 0 Å². The van der Waals surface area contributed by atoms with E-state index in [2.05, 4.69) is 22.6 Å². The summed E-state index contributed by atoms with van der Waals surface area (Å²) >= 11 is 2.10. The van der Waals surface area contributed by atoms with Crippen molar-refractivity contribution in [1.82, 2.24) is 0 Å². The molecule has 0 saturated carbocycles. The second-order valence-corrected chi connectivity index (χ2v) is 7.09. The monoisotopic (exact) mass is 462 g/mol. The predicted molar refractivity (Wildman–Crippen MR) is 106 cm³/mol. The molecule has 1 aliphatic heterocycles. The number of amides is 1. The molecule has 140 valence electrons. The summed E-state index contributed by atoms with van der Waals surface area (Å²) in [5.74, 6) is -0.217. The Morgan fingerprint density at radius 1 is 1.36 bits per heavy atom. The van der Waals surface area contributed by atoms with E-state index in [9.17, 15) is 9.59 Å². The first-order valence-corrected chi connectivity index (χ1v) is 9.60. The van der Waals surface area contributed by atoms with Crippen molar-refractivity contribution in [3.8, 4) is 0 Å². The minimum atomic E-state index is -0.797. The fourth-order valence-electron chi connectivity index (χ4n) is 2.66. The Labute approximate surface area is 162 Å². The number of cyclic esters (lactones) is 1. The number of carbonyl (C=O) groups excluding carboxylic acids is 2. The molecule has 1 aliphatic rings. The lowest BCUT2D eigenvalue weighted by Gasteiger charge is -2.23. The van der Waals surface area contributed by atoms with Crippen LogP contribution in [-0.2, 0) is 14.3 Å². The van der Waals surface area contributed by atoms with E-state index in [1.165, 1.54) is 6.08 Å². The average Bonchev–Trinajstić information content (AvgIpc) is 2.50. The van der Waals surface area contributed by atoms with Crippen molar-refractivity contribution in [2.24, 2.45) is 23.3 Å². The van der Waals surface area contributed by atoms with Crippen LogP contribution in [0, 0.1) is 11.8 Å². The lowest BCUT2D eigenvalue weighted by Crippen LogP contribution is -2.32. The Bertz CT molecular complexity index is 533. The second kappa shape index (κ2) is 11.3. The van der Waals surface area contributed by atoms with Gasteiger partial charge in [-0.1, -0.05) is 54.7 Å². The fraction of sp³-hybridized carbons (Fsp3) is 0.556. The lowest BCUT2D eigenvalue weighted by molar-refractivity contribution is -0.142. The first-order valence-electron chi connectivity index (χ1n) is 8.35. The standard InChI is InChI=1S/C18H27IN2O4/c1-12-6-7-13(2)16(8-9-19)25-17(22)5-3-4-14(20)11-15(10-12)24-18(21)23/h3,5-9,12-16H,4,10-11,20H2,1-2H3,(H2,21,23)/b5-3-,7-6+,9-8+/t12-,13-,14+,15-,16+/m1/s1. The third-order valence-corrected chi connectivity index (χ3v) is 4.37. The summed E-state index contributed by atoms with van der Waals surface area (Å²) in [6.07, 6.45) is 9.09. The van der Waals surface area contributed by atoms with E-state index in [4.69, 9.17) is 20.9 Å². The van der Waals surface area contributed by atoms with Crippen LogP contribution in [0.2, 0.25) is 0 Å². The summed E-state index contributed by atoms with van der Waals surface area (Å²) in [7, 11) is 0. The summed E-state index contributed by atoms with van der Waals surface area (Å²) in [5.41, 5.74) is 11.2. The maximum Gasteiger partial charge on any atom is 0.404 e. The van der Waals surface area contributed by atoms with Crippen molar-refractivity contribution in [1.29, 1.82) is 0 Å². The number of primary amides is 1. The molecule has 4 N–H and O–H groups in total. The zero-order valence-corrected chi connectivity index (χ0v) is 16.8. The van der Waals surface area contributed by atoms with E-state index in [1.807, 2.05) is 36.2 Å². The third kappa shape index (κ3) is 9.06. The normalized spacial score (nSPS) is 34.7. The number of hydrogen-bond donors (Lipinski definition) is 2. The van der Waals surface area contributed by atoms with E-state index >= 15 is 0 Å². The number of ether oxygens (including phenoxy) is 2. The van der Waals surface area contributed by atoms with E-state index in [0.717, 1.165) is 0 Å². The van der Waals surface area contributed by atoms with Gasteiger partial charge in [-0.25, -0.2) is 9.59 Å². The fourth-order valence-corrected chi connectivity index (χ4v) is 3.07. The molecule has 25 heavy (non-hydrogen) atoms. The second-order valence-electron chi connectivity index (χ2n) is 6.37. The van der Waals surface area contributed by atoms with Crippen molar-refractivity contribution in [3.63, 3.8) is 0 Å². The molecule has 0 aliphatic carbocycles. The smallest absolute Gasteiger partial charge is 0.404 e. The number of rotatable bonds is 2. The van der Waals surface area contributed by atoms with Crippen LogP contribution in [0.15, 0.2) is 34.5 Å². The van der Waals surface area contributed by atoms with Gasteiger partial charge in [0.05, 0.1) is 0 Å². The predicted octanol–water partition coefficient (Wildman–Crippen LogP) is 3.21. The van der Waals surface area contributed by atoms with Gasteiger partial charge < -0.3 is 20.9 Å². The molecule has 5 atom stereocenters. The molecule has 0 fully saturated rings. The van der Waals surface area contributed by atoms with E-state index in [1.54, 1.807) is 6.08 Å². The zero-order valence-electron chi connectivity index (χ0n) is 14.6. The molecule has 0 radical (unpaired) electrons. The molecular formula is C18H27IN2O4. The van der Waals surface area contributed by atoms with Gasteiger partial charge >= 0.3 is 12.1 Å². The van der Waals surface area contributed by atoms with Crippen LogP contribution in [0.25, 0.3) is 0 Å². The molecule has 0 aromatic rings. The molecule has 1 rings (SSSR count). The topological polar surface area (TPSA) is 105 Å². The van der Waals surface area contributed by atoms with Crippen molar-refractivity contribution < 1.29 is 19.1 Å². The molecular weight excluding hydrogens is 435 g/mol. The van der Waals surface area contributed by atoms with E-state index in [-0.39, 0.29) is 30.1 Å². The molecule has 0 aromatic carbocycles. The average molecular weight is 462 g/mol. The van der Waals surface area contributed by atoms with Crippen molar-refractivity contribution >= 4 is 34.7 Å². The van der Waals surface area contributed by atoms with Gasteiger partial charge in [-0.05, 0) is 35.3 Å². The third-order valence-electron chi connectivity index (χ3n) is 3.95. The minimum Gasteiger partial charge on any atom is -0.454 e. The van der Waals surface area contributed by atoms with Crippen LogP contribution in [0.1, 0.15) is 33.1 Å². The maximum atomic E-state index is 12.0. The van der Waals surface area contributed by atoms with Crippen LogP contribution in [0.5, 0.6) is 0 Å². The molecule has 0 saturated heterocycles. The highest BCUT2D eigenvalue weighted by atomic mass is 127. The maximum absolute atomic E-state index is 12.0.